The van der Waals surface area contributed by atoms with E-state index in [-0.39, 0.29) is 0 Å². The van der Waals surface area contributed by atoms with E-state index < -0.39 is 18.4 Å². The van der Waals surface area contributed by atoms with Crippen LogP contribution in [0.2, 0.25) is 17.7 Å². The number of unbranched alkanes of at least 4 members (excludes halogenated alkanes) is 3. The van der Waals surface area contributed by atoms with Crippen molar-refractivity contribution < 1.29 is 5.11 Å². The van der Waals surface area contributed by atoms with Crippen LogP contribution in [0.15, 0.2) is 0 Å². The fourth-order valence-electron chi connectivity index (χ4n) is 2.86. The molecule has 0 aliphatic heterocycles. The van der Waals surface area contributed by atoms with Gasteiger partial charge in [-0.2, -0.15) is 0 Å². The van der Waals surface area contributed by atoms with E-state index in [0.717, 1.165) is 6.42 Å². The first kappa shape index (κ1) is 17.8. The Balaban J connectivity index is 4.39. The molecule has 0 atom stereocenters. The van der Waals surface area contributed by atoms with Gasteiger partial charge in [-0.25, -0.2) is 0 Å². The Bertz CT molecular complexity index is 121. The molecule has 0 bridgehead atoms. The molecule has 17 heavy (non-hydrogen) atoms. The summed E-state index contributed by atoms with van der Waals surface area (Å²) in [4.78, 5) is 0. The van der Waals surface area contributed by atoms with Crippen LogP contribution in [0.5, 0.6) is 0 Å². The monoisotopic (exact) mass is 350 g/mol. The topological polar surface area (TPSA) is 20.2 Å². The molecule has 0 spiro atoms. The third kappa shape index (κ3) is 8.47. The van der Waals surface area contributed by atoms with E-state index in [1.54, 1.807) is 13.3 Å². The van der Waals surface area contributed by atoms with Crippen LogP contribution in [0.3, 0.4) is 0 Å². The molecular weight excluding hydrogens is 315 g/mol. The minimum atomic E-state index is -1.85. The second-order valence-electron chi connectivity index (χ2n) is 5.64. The van der Waals surface area contributed by atoms with Gasteiger partial charge in [0.2, 0.25) is 0 Å². The third-order valence-electron chi connectivity index (χ3n) is 4.05. The zero-order chi connectivity index (χ0) is 13.0. The van der Waals surface area contributed by atoms with E-state index in [1.165, 1.54) is 43.0 Å². The molecule has 1 N–H and O–H groups in total. The predicted molar refractivity (Wildman–Crippen MR) is 81.4 cm³/mol. The first-order valence-electron chi connectivity index (χ1n) is 7.85. The summed E-state index contributed by atoms with van der Waals surface area (Å²) in [5, 5.41) is 9.14. The van der Waals surface area contributed by atoms with Crippen LogP contribution in [0.1, 0.15) is 65.7 Å². The Morgan fingerprint density at radius 1 is 0.647 bits per heavy atom. The fraction of sp³-hybridized carbons (Fsp3) is 1.00. The molecular formula is C15H34OSn. The summed E-state index contributed by atoms with van der Waals surface area (Å²) in [5.41, 5.74) is 0. The number of rotatable bonds is 12. The van der Waals surface area contributed by atoms with Gasteiger partial charge in [0, 0.05) is 0 Å². The molecule has 0 fully saturated rings. The van der Waals surface area contributed by atoms with E-state index in [4.69, 9.17) is 5.11 Å². The zero-order valence-electron chi connectivity index (χ0n) is 12.4. The molecule has 0 saturated heterocycles. The van der Waals surface area contributed by atoms with Crippen molar-refractivity contribution in [2.45, 2.75) is 83.5 Å². The summed E-state index contributed by atoms with van der Waals surface area (Å²) in [6, 6.07) is 0. The van der Waals surface area contributed by atoms with Crippen LogP contribution < -0.4 is 0 Å². The molecule has 0 unspecified atom stereocenters. The minimum absolute atomic E-state index is 0.420. The van der Waals surface area contributed by atoms with Crippen LogP contribution >= 0.6 is 0 Å². The van der Waals surface area contributed by atoms with E-state index in [0.29, 0.717) is 6.61 Å². The van der Waals surface area contributed by atoms with Crippen LogP contribution in [0.4, 0.5) is 0 Å². The van der Waals surface area contributed by atoms with Gasteiger partial charge < -0.3 is 0 Å². The van der Waals surface area contributed by atoms with Crippen LogP contribution in [-0.4, -0.2) is 30.1 Å². The maximum absolute atomic E-state index is 9.14. The molecule has 0 heterocycles. The second kappa shape index (κ2) is 11.8. The average Bonchev–Trinajstić information content (AvgIpc) is 2.37. The van der Waals surface area contributed by atoms with Crippen molar-refractivity contribution in [1.29, 1.82) is 0 Å². The van der Waals surface area contributed by atoms with Crippen molar-refractivity contribution in [2.24, 2.45) is 0 Å². The van der Waals surface area contributed by atoms with Gasteiger partial charge in [-0.3, -0.25) is 0 Å². The molecule has 2 heteroatoms. The van der Waals surface area contributed by atoms with Crippen molar-refractivity contribution in [3.05, 3.63) is 0 Å². The number of hydrogen-bond donors (Lipinski definition) is 1. The summed E-state index contributed by atoms with van der Waals surface area (Å²) < 4.78 is 6.22. The van der Waals surface area contributed by atoms with Gasteiger partial charge in [0.1, 0.15) is 0 Å². The van der Waals surface area contributed by atoms with Crippen molar-refractivity contribution in [3.63, 3.8) is 0 Å². The molecule has 0 saturated carbocycles. The molecule has 0 aromatic carbocycles. The standard InChI is InChI=1S/3C4H9.C3H7O.Sn/c3*1-3-4-2;1-2-3-4;/h3*1,3-4H2,2H3;4H,1-3H2;. The number of hydrogen-bond acceptors (Lipinski definition) is 1. The van der Waals surface area contributed by atoms with Gasteiger partial charge in [0.05, 0.1) is 0 Å². The Labute approximate surface area is 113 Å². The van der Waals surface area contributed by atoms with Crippen LogP contribution in [0, 0.1) is 0 Å². The molecule has 0 radical (unpaired) electrons. The van der Waals surface area contributed by atoms with E-state index >= 15 is 0 Å². The van der Waals surface area contributed by atoms with Gasteiger partial charge in [-0.05, 0) is 0 Å². The van der Waals surface area contributed by atoms with Crippen LogP contribution in [0.25, 0.3) is 0 Å². The molecule has 104 valence electrons. The maximum atomic E-state index is 9.14. The normalized spacial score (nSPS) is 12.0. The third-order valence-corrected chi connectivity index (χ3v) is 20.2. The molecule has 0 aliphatic carbocycles. The Morgan fingerprint density at radius 3 is 1.29 bits per heavy atom. The van der Waals surface area contributed by atoms with Gasteiger partial charge in [-0.1, -0.05) is 0 Å². The molecule has 0 amide bonds. The summed E-state index contributed by atoms with van der Waals surface area (Å²) in [6.07, 6.45) is 9.52. The summed E-state index contributed by atoms with van der Waals surface area (Å²) in [5.74, 6) is 0. The van der Waals surface area contributed by atoms with Gasteiger partial charge in [0.15, 0.2) is 0 Å². The van der Waals surface area contributed by atoms with Crippen molar-refractivity contribution >= 4 is 18.4 Å². The average molecular weight is 349 g/mol. The van der Waals surface area contributed by atoms with Crippen molar-refractivity contribution in [1.82, 2.24) is 0 Å². The molecule has 0 aliphatic rings. The molecule has 0 aromatic rings. The van der Waals surface area contributed by atoms with Crippen molar-refractivity contribution in [2.75, 3.05) is 6.61 Å². The first-order valence-corrected chi connectivity index (χ1v) is 15.9. The van der Waals surface area contributed by atoms with E-state index in [2.05, 4.69) is 20.8 Å². The summed E-state index contributed by atoms with van der Waals surface area (Å²) >= 11 is -1.85. The van der Waals surface area contributed by atoms with E-state index in [1.807, 2.05) is 0 Å². The predicted octanol–water partition coefficient (Wildman–Crippen LogP) is 5.22. The SMILES string of the molecule is CCC[CH2][Sn]([CH2]CCC)([CH2]CCC)[CH2]CCO. The second-order valence-corrected chi connectivity index (χ2v) is 19.9. The Hall–Kier alpha value is 0.759. The first-order chi connectivity index (χ1) is 8.24. The molecule has 0 rings (SSSR count). The zero-order valence-corrected chi connectivity index (χ0v) is 15.3. The quantitative estimate of drug-likeness (QED) is 0.479. The summed E-state index contributed by atoms with van der Waals surface area (Å²) in [7, 11) is 0. The number of aliphatic hydroxyl groups is 1. The fourth-order valence-corrected chi connectivity index (χ4v) is 19.2. The van der Waals surface area contributed by atoms with Gasteiger partial charge in [0.25, 0.3) is 0 Å². The molecule has 0 aromatic heterocycles. The van der Waals surface area contributed by atoms with Crippen LogP contribution in [-0.2, 0) is 0 Å². The molecule has 1 nitrogen and oxygen atoms in total. The Kier molecular flexibility index (Phi) is 12.4. The van der Waals surface area contributed by atoms with E-state index in [9.17, 15) is 0 Å². The Morgan fingerprint density at radius 2 is 1.00 bits per heavy atom. The summed E-state index contributed by atoms with van der Waals surface area (Å²) in [6.45, 7) is 7.38. The van der Waals surface area contributed by atoms with Gasteiger partial charge >= 0.3 is 114 Å². The van der Waals surface area contributed by atoms with Crippen molar-refractivity contribution in [3.8, 4) is 0 Å². The van der Waals surface area contributed by atoms with Gasteiger partial charge in [-0.15, -0.1) is 0 Å². The number of aliphatic hydroxyl groups excluding tert-OH is 1.